The molecule has 2 aliphatic heterocycles. The highest BCUT2D eigenvalue weighted by molar-refractivity contribution is 5.85. The monoisotopic (exact) mass is 278 g/mol. The van der Waals surface area contributed by atoms with E-state index in [1.165, 1.54) is 0 Å². The van der Waals surface area contributed by atoms with Crippen LogP contribution in [0, 0.1) is 5.92 Å². The summed E-state index contributed by atoms with van der Waals surface area (Å²) in [7, 11) is 0. The van der Waals surface area contributed by atoms with E-state index in [1.807, 2.05) is 11.8 Å². The molecule has 0 bridgehead atoms. The fraction of sp³-hybridized carbons (Fsp3) is 0.917. The third kappa shape index (κ3) is 3.15. The maximum absolute atomic E-state index is 11.7. The fourth-order valence-corrected chi connectivity index (χ4v) is 2.68. The van der Waals surface area contributed by atoms with Gasteiger partial charge in [0.1, 0.15) is 0 Å². The lowest BCUT2D eigenvalue weighted by Gasteiger charge is -2.39. The zero-order valence-electron chi connectivity index (χ0n) is 11.1. The van der Waals surface area contributed by atoms with Gasteiger partial charge in [0, 0.05) is 19.0 Å². The molecule has 0 saturated carbocycles. The number of carbonyl (C=O) groups is 1. The molecule has 0 aromatic rings. The first-order chi connectivity index (χ1) is 8.03. The molecule has 18 heavy (non-hydrogen) atoms. The molecule has 1 atom stereocenters. The van der Waals surface area contributed by atoms with E-state index < -0.39 is 11.8 Å². The first-order valence-corrected chi connectivity index (χ1v) is 6.35. The smallest absolute Gasteiger partial charge is 0.239 e. The van der Waals surface area contributed by atoms with Crippen LogP contribution < -0.4 is 5.73 Å². The number of carbonyl (C=O) groups excluding carboxylic acids is 1. The van der Waals surface area contributed by atoms with Crippen molar-refractivity contribution in [3.8, 4) is 0 Å². The molecule has 5 nitrogen and oxygen atoms in total. The number of rotatable bonds is 2. The van der Waals surface area contributed by atoms with E-state index in [1.54, 1.807) is 6.92 Å². The van der Waals surface area contributed by atoms with Crippen molar-refractivity contribution in [3.05, 3.63) is 0 Å². The van der Waals surface area contributed by atoms with Gasteiger partial charge in [0.25, 0.3) is 0 Å². The Bertz CT molecular complexity index is 285. The predicted molar refractivity (Wildman–Crippen MR) is 70.5 cm³/mol. The van der Waals surface area contributed by atoms with Crippen molar-refractivity contribution in [1.82, 2.24) is 4.90 Å². The summed E-state index contributed by atoms with van der Waals surface area (Å²) in [5, 5.41) is 0. The molecule has 2 heterocycles. The molecule has 1 unspecified atom stereocenters. The molecule has 1 amide bonds. The van der Waals surface area contributed by atoms with E-state index in [9.17, 15) is 4.79 Å². The molecule has 2 fully saturated rings. The lowest BCUT2D eigenvalue weighted by molar-refractivity contribution is -0.191. The first-order valence-electron chi connectivity index (χ1n) is 6.35. The molecule has 106 valence electrons. The second-order valence-electron chi connectivity index (χ2n) is 5.10. The van der Waals surface area contributed by atoms with Crippen LogP contribution in [0.25, 0.3) is 0 Å². The van der Waals surface area contributed by atoms with Gasteiger partial charge in [-0.2, -0.15) is 0 Å². The van der Waals surface area contributed by atoms with Crippen molar-refractivity contribution in [1.29, 1.82) is 0 Å². The Morgan fingerprint density at radius 2 is 1.83 bits per heavy atom. The number of nitrogens with zero attached hydrogens (tertiary/aromatic N) is 1. The predicted octanol–water partition coefficient (Wildman–Crippen LogP) is 0.757. The van der Waals surface area contributed by atoms with Crippen LogP contribution in [0.1, 0.15) is 26.7 Å². The normalized spacial score (nSPS) is 25.6. The van der Waals surface area contributed by atoms with Crippen LogP contribution in [0.4, 0.5) is 0 Å². The van der Waals surface area contributed by atoms with Crippen molar-refractivity contribution in [2.75, 3.05) is 26.3 Å². The van der Waals surface area contributed by atoms with Gasteiger partial charge in [-0.25, -0.2) is 0 Å². The molecule has 0 radical (unpaired) electrons. The van der Waals surface area contributed by atoms with Crippen LogP contribution >= 0.6 is 12.4 Å². The average Bonchev–Trinajstić information content (AvgIpc) is 2.76. The maximum Gasteiger partial charge on any atom is 0.239 e. The maximum atomic E-state index is 11.7. The summed E-state index contributed by atoms with van der Waals surface area (Å²) in [6, 6.07) is -0.402. The molecule has 0 aromatic carbocycles. The summed E-state index contributed by atoms with van der Waals surface area (Å²) in [6.45, 7) is 6.61. The Labute approximate surface area is 114 Å². The minimum absolute atomic E-state index is 0. The summed E-state index contributed by atoms with van der Waals surface area (Å²) in [4.78, 5) is 13.6. The van der Waals surface area contributed by atoms with Crippen LogP contribution in [0.2, 0.25) is 0 Å². The lowest BCUT2D eigenvalue weighted by Crippen LogP contribution is -2.49. The van der Waals surface area contributed by atoms with E-state index in [0.29, 0.717) is 19.1 Å². The quantitative estimate of drug-likeness (QED) is 0.810. The van der Waals surface area contributed by atoms with Crippen LogP contribution in [-0.4, -0.2) is 48.9 Å². The number of likely N-dealkylation sites (tertiary alicyclic amines) is 1. The largest absolute Gasteiger partial charge is 0.348 e. The number of hydrogen-bond donors (Lipinski definition) is 1. The molecule has 2 N–H and O–H groups in total. The Morgan fingerprint density at radius 3 is 2.28 bits per heavy atom. The third-order valence-electron chi connectivity index (χ3n) is 3.80. The molecule has 2 saturated heterocycles. The number of amides is 1. The second-order valence-corrected chi connectivity index (χ2v) is 5.10. The van der Waals surface area contributed by atoms with Gasteiger partial charge in [0.2, 0.25) is 5.91 Å². The molecular formula is C12H23ClN2O3. The standard InChI is InChI=1S/C12H22N2O3.ClH/c1-9(13)11(15)14-5-3-10(4-6-14)12(2)16-7-8-17-12;/h9-10H,3-8,13H2,1-2H3;1H. The molecule has 0 aliphatic carbocycles. The van der Waals surface area contributed by atoms with Crippen LogP contribution in [0.15, 0.2) is 0 Å². The van der Waals surface area contributed by atoms with Gasteiger partial charge in [-0.3, -0.25) is 4.79 Å². The van der Waals surface area contributed by atoms with Gasteiger partial charge in [0.05, 0.1) is 19.3 Å². The molecule has 2 rings (SSSR count). The van der Waals surface area contributed by atoms with Gasteiger partial charge < -0.3 is 20.1 Å². The van der Waals surface area contributed by atoms with Crippen LogP contribution in [-0.2, 0) is 14.3 Å². The van der Waals surface area contributed by atoms with Crippen molar-refractivity contribution in [3.63, 3.8) is 0 Å². The summed E-state index contributed by atoms with van der Waals surface area (Å²) in [6.07, 6.45) is 1.85. The molecule has 2 aliphatic rings. The van der Waals surface area contributed by atoms with Gasteiger partial charge in [-0.15, -0.1) is 12.4 Å². The van der Waals surface area contributed by atoms with Crippen molar-refractivity contribution in [2.45, 2.75) is 38.5 Å². The van der Waals surface area contributed by atoms with E-state index in [4.69, 9.17) is 15.2 Å². The van der Waals surface area contributed by atoms with Gasteiger partial charge >= 0.3 is 0 Å². The Hall–Kier alpha value is -0.360. The number of halogens is 1. The summed E-state index contributed by atoms with van der Waals surface area (Å²) in [5.74, 6) is -0.0206. The molecule has 0 spiro atoms. The Balaban J connectivity index is 0.00000162. The highest BCUT2D eigenvalue weighted by Gasteiger charge is 2.41. The minimum atomic E-state index is -0.441. The SMILES string of the molecule is CC(N)C(=O)N1CCC(C2(C)OCCO2)CC1.Cl. The third-order valence-corrected chi connectivity index (χ3v) is 3.80. The Morgan fingerprint density at radius 1 is 1.33 bits per heavy atom. The zero-order chi connectivity index (χ0) is 12.5. The average molecular weight is 279 g/mol. The molecular weight excluding hydrogens is 256 g/mol. The van der Waals surface area contributed by atoms with Gasteiger partial charge in [-0.1, -0.05) is 0 Å². The molecule has 0 aromatic heterocycles. The zero-order valence-corrected chi connectivity index (χ0v) is 11.9. The highest BCUT2D eigenvalue weighted by atomic mass is 35.5. The van der Waals surface area contributed by atoms with Crippen molar-refractivity contribution < 1.29 is 14.3 Å². The van der Waals surface area contributed by atoms with Crippen LogP contribution in [0.3, 0.4) is 0 Å². The molecule has 6 heteroatoms. The van der Waals surface area contributed by atoms with Crippen molar-refractivity contribution >= 4 is 18.3 Å². The lowest BCUT2D eigenvalue weighted by atomic mass is 9.89. The number of ether oxygens (including phenoxy) is 2. The highest BCUT2D eigenvalue weighted by Crippen LogP contribution is 2.34. The van der Waals surface area contributed by atoms with Gasteiger partial charge in [-0.05, 0) is 26.7 Å². The van der Waals surface area contributed by atoms with E-state index in [-0.39, 0.29) is 18.3 Å². The minimum Gasteiger partial charge on any atom is -0.348 e. The van der Waals surface area contributed by atoms with E-state index in [2.05, 4.69) is 0 Å². The summed E-state index contributed by atoms with van der Waals surface area (Å²) < 4.78 is 11.3. The summed E-state index contributed by atoms with van der Waals surface area (Å²) in [5.41, 5.74) is 5.61. The number of nitrogens with two attached hydrogens (primary N) is 1. The van der Waals surface area contributed by atoms with E-state index in [0.717, 1.165) is 25.9 Å². The van der Waals surface area contributed by atoms with Crippen LogP contribution in [0.5, 0.6) is 0 Å². The number of hydrogen-bond acceptors (Lipinski definition) is 4. The van der Waals surface area contributed by atoms with Gasteiger partial charge in [0.15, 0.2) is 5.79 Å². The summed E-state index contributed by atoms with van der Waals surface area (Å²) >= 11 is 0. The first kappa shape index (κ1) is 15.7. The fourth-order valence-electron chi connectivity index (χ4n) is 2.68. The Kier molecular flexibility index (Phi) is 5.40. The van der Waals surface area contributed by atoms with Crippen molar-refractivity contribution in [2.24, 2.45) is 11.7 Å². The van der Waals surface area contributed by atoms with E-state index >= 15 is 0 Å². The second kappa shape index (κ2) is 6.19. The number of piperidine rings is 1. The topological polar surface area (TPSA) is 64.8 Å².